The number of nitrogens with zero attached hydrogens (tertiary/aromatic N) is 4. The van der Waals surface area contributed by atoms with E-state index in [1.165, 1.54) is 10.6 Å². The van der Waals surface area contributed by atoms with Crippen molar-refractivity contribution in [1.29, 1.82) is 0 Å². The number of hydrogen-bond acceptors (Lipinski definition) is 6. The largest absolute Gasteiger partial charge is 0.496 e. The summed E-state index contributed by atoms with van der Waals surface area (Å²) in [5.74, 6) is 1.51. The number of sulfonamides is 1. The van der Waals surface area contributed by atoms with Gasteiger partial charge in [0, 0.05) is 38.8 Å². The van der Waals surface area contributed by atoms with Crippen molar-refractivity contribution in [2.24, 2.45) is 4.99 Å². The van der Waals surface area contributed by atoms with E-state index in [1.54, 1.807) is 13.2 Å². The summed E-state index contributed by atoms with van der Waals surface area (Å²) >= 11 is 0. The average Bonchev–Trinajstić information content (AvgIpc) is 3.23. The first kappa shape index (κ1) is 25.4. The molecule has 172 valence electrons. The van der Waals surface area contributed by atoms with Gasteiger partial charge in [-0.2, -0.15) is 4.31 Å². The number of aryl methyl sites for hydroxylation is 1. The van der Waals surface area contributed by atoms with Crippen molar-refractivity contribution in [3.05, 3.63) is 47.3 Å². The highest BCUT2D eigenvalue weighted by atomic mass is 127. The molecule has 0 spiro atoms. The Morgan fingerprint density at radius 1 is 1.26 bits per heavy atom. The van der Waals surface area contributed by atoms with Crippen molar-refractivity contribution >= 4 is 40.0 Å². The van der Waals surface area contributed by atoms with Crippen molar-refractivity contribution in [2.45, 2.75) is 26.1 Å². The minimum Gasteiger partial charge on any atom is -0.496 e. The van der Waals surface area contributed by atoms with Crippen LogP contribution in [0.4, 0.5) is 0 Å². The molecule has 1 aliphatic rings. The zero-order valence-corrected chi connectivity index (χ0v) is 21.2. The van der Waals surface area contributed by atoms with Crippen LogP contribution in [-0.2, 0) is 22.3 Å². The van der Waals surface area contributed by atoms with Gasteiger partial charge >= 0.3 is 0 Å². The number of methoxy groups -OCH3 is 1. The van der Waals surface area contributed by atoms with Crippen molar-refractivity contribution in [3.8, 4) is 5.75 Å². The first-order valence-electron chi connectivity index (χ1n) is 9.97. The maximum atomic E-state index is 12.6. The normalized spacial score (nSPS) is 15.5. The van der Waals surface area contributed by atoms with Crippen LogP contribution >= 0.6 is 24.0 Å². The Kier molecular flexibility index (Phi) is 9.56. The Hall–Kier alpha value is -1.86. The summed E-state index contributed by atoms with van der Waals surface area (Å²) in [6, 6.07) is 7.60. The van der Waals surface area contributed by atoms with Crippen LogP contribution in [0.25, 0.3) is 0 Å². The molecule has 0 aliphatic carbocycles. The molecule has 1 aliphatic heterocycles. The second-order valence-electron chi connectivity index (χ2n) is 7.11. The molecule has 0 atom stereocenters. The van der Waals surface area contributed by atoms with Crippen molar-refractivity contribution in [3.63, 3.8) is 0 Å². The van der Waals surface area contributed by atoms with Gasteiger partial charge in [-0.15, -0.1) is 24.0 Å². The summed E-state index contributed by atoms with van der Waals surface area (Å²) in [4.78, 5) is 6.85. The fourth-order valence-electron chi connectivity index (χ4n) is 3.40. The maximum absolute atomic E-state index is 12.6. The Morgan fingerprint density at radius 2 is 2.00 bits per heavy atom. The van der Waals surface area contributed by atoms with Gasteiger partial charge in [0.05, 0.1) is 19.3 Å². The van der Waals surface area contributed by atoms with Crippen LogP contribution in [-0.4, -0.2) is 68.6 Å². The molecular formula is C20H30IN5O4S. The summed E-state index contributed by atoms with van der Waals surface area (Å²) in [5, 5.41) is 7.02. The minimum absolute atomic E-state index is 0. The molecule has 9 nitrogen and oxygen atoms in total. The summed E-state index contributed by atoms with van der Waals surface area (Å²) in [6.45, 7) is 7.28. The number of aromatic nitrogens is 1. The van der Waals surface area contributed by atoms with Crippen LogP contribution in [0, 0.1) is 6.92 Å². The van der Waals surface area contributed by atoms with Crippen LogP contribution in [0.15, 0.2) is 40.0 Å². The van der Waals surface area contributed by atoms with Gasteiger partial charge in [-0.25, -0.2) is 13.4 Å². The lowest BCUT2D eigenvalue weighted by molar-refractivity contribution is 0.259. The molecule has 1 aromatic carbocycles. The van der Waals surface area contributed by atoms with Gasteiger partial charge in [0.1, 0.15) is 17.8 Å². The van der Waals surface area contributed by atoms with Gasteiger partial charge in [-0.3, -0.25) is 0 Å². The number of hydrogen-bond donors (Lipinski definition) is 1. The van der Waals surface area contributed by atoms with Crippen LogP contribution in [0.5, 0.6) is 5.75 Å². The zero-order valence-electron chi connectivity index (χ0n) is 18.1. The molecule has 11 heteroatoms. The summed E-state index contributed by atoms with van der Waals surface area (Å²) in [6.07, 6.45) is 1.38. The predicted octanol–water partition coefficient (Wildman–Crippen LogP) is 2.22. The van der Waals surface area contributed by atoms with Crippen LogP contribution in [0.1, 0.15) is 23.7 Å². The Labute approximate surface area is 200 Å². The molecule has 0 unspecified atom stereocenters. The molecule has 3 rings (SSSR count). The Balaban J connectivity index is 0.00000341. The highest BCUT2D eigenvalue weighted by molar-refractivity contribution is 14.0. The van der Waals surface area contributed by atoms with E-state index in [2.05, 4.69) is 21.4 Å². The van der Waals surface area contributed by atoms with Gasteiger partial charge in [0.15, 0.2) is 5.96 Å². The van der Waals surface area contributed by atoms with E-state index in [1.807, 2.05) is 26.0 Å². The summed E-state index contributed by atoms with van der Waals surface area (Å²) < 4.78 is 36.8. The van der Waals surface area contributed by atoms with Crippen molar-refractivity contribution in [1.82, 2.24) is 19.7 Å². The fourth-order valence-corrected chi connectivity index (χ4v) is 4.82. The molecule has 0 bridgehead atoms. The van der Waals surface area contributed by atoms with Gasteiger partial charge in [-0.1, -0.05) is 17.3 Å². The molecule has 1 aromatic heterocycles. The van der Waals surface area contributed by atoms with Crippen LogP contribution in [0.2, 0.25) is 0 Å². The first-order valence-corrected chi connectivity index (χ1v) is 11.6. The fraction of sp³-hybridized carbons (Fsp3) is 0.500. The van der Waals surface area contributed by atoms with Crippen molar-refractivity contribution in [2.75, 3.05) is 39.8 Å². The molecule has 0 radical (unpaired) electrons. The van der Waals surface area contributed by atoms with Crippen LogP contribution in [0.3, 0.4) is 0 Å². The van der Waals surface area contributed by atoms with Gasteiger partial charge in [-0.05, 0) is 31.0 Å². The number of halogens is 1. The molecule has 0 amide bonds. The van der Waals surface area contributed by atoms with E-state index in [-0.39, 0.29) is 29.7 Å². The van der Waals surface area contributed by atoms with Gasteiger partial charge < -0.3 is 19.5 Å². The van der Waals surface area contributed by atoms with Crippen LogP contribution < -0.4 is 10.1 Å². The zero-order chi connectivity index (χ0) is 21.6. The quantitative estimate of drug-likeness (QED) is 0.313. The molecule has 31 heavy (non-hydrogen) atoms. The topological polar surface area (TPSA) is 100 Å². The highest BCUT2D eigenvalue weighted by Crippen LogP contribution is 2.19. The third kappa shape index (κ3) is 6.81. The third-order valence-electron chi connectivity index (χ3n) is 4.96. The second-order valence-corrected chi connectivity index (χ2v) is 9.08. The second kappa shape index (κ2) is 11.7. The average molecular weight is 563 g/mol. The molecule has 1 fully saturated rings. The SMILES string of the molecule is CCNC(=NCc1ccc(OC)c(C)c1)N1CCN(S(=O)(=O)Cc2ccon2)CC1.I. The van der Waals surface area contributed by atoms with Crippen molar-refractivity contribution < 1.29 is 17.7 Å². The van der Waals surface area contributed by atoms with E-state index in [0.717, 1.165) is 29.4 Å². The number of benzene rings is 1. The third-order valence-corrected chi connectivity index (χ3v) is 6.77. The number of aliphatic imine (C=N–C) groups is 1. The van der Waals surface area contributed by atoms with E-state index >= 15 is 0 Å². The van der Waals surface area contributed by atoms with E-state index in [4.69, 9.17) is 14.3 Å². The monoisotopic (exact) mass is 563 g/mol. The Bertz CT molecular complexity index is 958. The number of guanidine groups is 1. The van der Waals surface area contributed by atoms with E-state index < -0.39 is 10.0 Å². The molecule has 1 saturated heterocycles. The Morgan fingerprint density at radius 3 is 2.58 bits per heavy atom. The lowest BCUT2D eigenvalue weighted by atomic mass is 10.1. The number of piperazine rings is 1. The minimum atomic E-state index is -3.42. The number of rotatable bonds is 7. The maximum Gasteiger partial charge on any atom is 0.220 e. The number of nitrogens with one attached hydrogen (secondary N) is 1. The predicted molar refractivity (Wildman–Crippen MR) is 130 cm³/mol. The lowest BCUT2D eigenvalue weighted by Gasteiger charge is -2.35. The highest BCUT2D eigenvalue weighted by Gasteiger charge is 2.29. The standard InChI is InChI=1S/C20H29N5O4S.HI/c1-4-21-20(22-14-17-5-6-19(28-3)16(2)13-17)24-8-10-25(11-9-24)30(26,27)15-18-7-12-29-23-18;/h5-7,12-13H,4,8-11,14-15H2,1-3H3,(H,21,22);1H. The summed E-state index contributed by atoms with van der Waals surface area (Å²) in [5.41, 5.74) is 2.58. The first-order chi connectivity index (χ1) is 14.4. The van der Waals surface area contributed by atoms with Gasteiger partial charge in [0.25, 0.3) is 0 Å². The molecule has 2 heterocycles. The molecule has 0 saturated carbocycles. The smallest absolute Gasteiger partial charge is 0.220 e. The summed E-state index contributed by atoms with van der Waals surface area (Å²) in [7, 11) is -1.76. The van der Waals surface area contributed by atoms with E-state index in [0.29, 0.717) is 38.4 Å². The molecular weight excluding hydrogens is 533 g/mol. The number of ether oxygens (including phenoxy) is 1. The van der Waals surface area contributed by atoms with Gasteiger partial charge in [0.2, 0.25) is 10.0 Å². The lowest BCUT2D eigenvalue weighted by Crippen LogP contribution is -2.53. The molecule has 1 N–H and O–H groups in total. The van der Waals surface area contributed by atoms with E-state index in [9.17, 15) is 8.42 Å². The molecule has 2 aromatic rings.